The Bertz CT molecular complexity index is 292. The van der Waals surface area contributed by atoms with Crippen molar-refractivity contribution in [2.75, 3.05) is 32.7 Å². The highest BCUT2D eigenvalue weighted by molar-refractivity contribution is 4.90. The quantitative estimate of drug-likeness (QED) is 0.838. The molecule has 0 amide bonds. The minimum atomic E-state index is 0.728. The Hall–Kier alpha value is -0.120. The summed E-state index contributed by atoms with van der Waals surface area (Å²) in [6.07, 6.45) is 7.05. The highest BCUT2D eigenvalue weighted by atomic mass is 15.2. The summed E-state index contributed by atoms with van der Waals surface area (Å²) < 4.78 is 0. The first-order valence-corrected chi connectivity index (χ1v) is 8.44. The number of fused-ring (bicyclic) bond motifs is 1. The maximum Gasteiger partial charge on any atom is 0.0111 e. The minimum Gasteiger partial charge on any atom is -0.314 e. The lowest BCUT2D eigenvalue weighted by molar-refractivity contribution is 0.164. The van der Waals surface area contributed by atoms with E-state index in [0.29, 0.717) is 0 Å². The van der Waals surface area contributed by atoms with Gasteiger partial charge in [-0.3, -0.25) is 0 Å². The lowest BCUT2D eigenvalue weighted by Gasteiger charge is -2.35. The van der Waals surface area contributed by atoms with Gasteiger partial charge in [0.2, 0.25) is 0 Å². The molecule has 3 aliphatic rings. The van der Waals surface area contributed by atoms with E-state index < -0.39 is 0 Å². The predicted octanol–water partition coefficient (Wildman–Crippen LogP) is 1.93. The molecule has 3 rings (SSSR count). The van der Waals surface area contributed by atoms with Crippen LogP contribution in [-0.2, 0) is 0 Å². The van der Waals surface area contributed by atoms with Gasteiger partial charge in [0, 0.05) is 24.7 Å². The van der Waals surface area contributed by atoms with Gasteiger partial charge in [0.05, 0.1) is 0 Å². The lowest BCUT2D eigenvalue weighted by atomic mass is 9.97. The molecule has 0 saturated carbocycles. The Morgan fingerprint density at radius 3 is 2.79 bits per heavy atom. The van der Waals surface area contributed by atoms with Gasteiger partial charge in [-0.25, -0.2) is 0 Å². The number of rotatable bonds is 4. The first kappa shape index (κ1) is 13.8. The molecule has 0 aromatic heterocycles. The Balaban J connectivity index is 1.38. The van der Waals surface area contributed by atoms with Crippen LogP contribution in [0.1, 0.15) is 46.0 Å². The summed E-state index contributed by atoms with van der Waals surface area (Å²) in [5.74, 6) is 0.893. The van der Waals surface area contributed by atoms with Crippen LogP contribution < -0.4 is 5.32 Å². The van der Waals surface area contributed by atoms with Crippen molar-refractivity contribution in [2.24, 2.45) is 5.92 Å². The van der Waals surface area contributed by atoms with E-state index in [1.54, 1.807) is 0 Å². The number of nitrogens with one attached hydrogen (secondary N) is 1. The highest BCUT2D eigenvalue weighted by Crippen LogP contribution is 2.27. The smallest absolute Gasteiger partial charge is 0.0111 e. The summed E-state index contributed by atoms with van der Waals surface area (Å²) in [5.41, 5.74) is 0. The fourth-order valence-electron chi connectivity index (χ4n) is 4.24. The molecule has 0 aliphatic carbocycles. The summed E-state index contributed by atoms with van der Waals surface area (Å²) in [6.45, 7) is 11.2. The fourth-order valence-corrected chi connectivity index (χ4v) is 4.24. The Morgan fingerprint density at radius 2 is 2.00 bits per heavy atom. The maximum atomic E-state index is 3.88. The highest BCUT2D eigenvalue weighted by Gasteiger charge is 2.32. The zero-order chi connectivity index (χ0) is 13.2. The van der Waals surface area contributed by atoms with E-state index >= 15 is 0 Å². The third-order valence-corrected chi connectivity index (χ3v) is 5.56. The van der Waals surface area contributed by atoms with Crippen molar-refractivity contribution in [3.63, 3.8) is 0 Å². The number of piperidine rings is 1. The van der Waals surface area contributed by atoms with Crippen LogP contribution in [0, 0.1) is 5.92 Å². The van der Waals surface area contributed by atoms with E-state index in [2.05, 4.69) is 29.0 Å². The van der Waals surface area contributed by atoms with Gasteiger partial charge in [-0.2, -0.15) is 0 Å². The van der Waals surface area contributed by atoms with Crippen LogP contribution in [0.25, 0.3) is 0 Å². The van der Waals surface area contributed by atoms with Gasteiger partial charge in [0.15, 0.2) is 0 Å². The largest absolute Gasteiger partial charge is 0.314 e. The van der Waals surface area contributed by atoms with Crippen molar-refractivity contribution in [1.82, 2.24) is 15.1 Å². The summed E-state index contributed by atoms with van der Waals surface area (Å²) in [4.78, 5) is 5.35. The van der Waals surface area contributed by atoms with E-state index in [0.717, 1.165) is 24.0 Å². The van der Waals surface area contributed by atoms with E-state index in [1.165, 1.54) is 64.8 Å². The molecule has 110 valence electrons. The van der Waals surface area contributed by atoms with Crippen molar-refractivity contribution >= 4 is 0 Å². The van der Waals surface area contributed by atoms with Crippen LogP contribution in [0.15, 0.2) is 0 Å². The lowest BCUT2D eigenvalue weighted by Crippen LogP contribution is -2.46. The molecule has 3 fully saturated rings. The van der Waals surface area contributed by atoms with Gasteiger partial charge in [-0.1, -0.05) is 0 Å². The Labute approximate surface area is 118 Å². The van der Waals surface area contributed by atoms with Crippen LogP contribution in [0.5, 0.6) is 0 Å². The van der Waals surface area contributed by atoms with Crippen molar-refractivity contribution in [3.05, 3.63) is 0 Å². The first-order chi connectivity index (χ1) is 9.22. The van der Waals surface area contributed by atoms with Crippen LogP contribution in [0.4, 0.5) is 0 Å². The molecule has 3 nitrogen and oxygen atoms in total. The van der Waals surface area contributed by atoms with Crippen LogP contribution in [0.2, 0.25) is 0 Å². The SMILES string of the molecule is CC(C)N1CCC(CNC2CCN3CCCC3C2)C1. The summed E-state index contributed by atoms with van der Waals surface area (Å²) in [5, 5.41) is 3.88. The molecule has 19 heavy (non-hydrogen) atoms. The van der Waals surface area contributed by atoms with Gasteiger partial charge < -0.3 is 15.1 Å². The number of nitrogens with zero attached hydrogens (tertiary/aromatic N) is 2. The normalized spacial score (nSPS) is 37.1. The number of hydrogen-bond donors (Lipinski definition) is 1. The molecule has 0 aromatic rings. The zero-order valence-corrected chi connectivity index (χ0v) is 12.8. The molecule has 3 saturated heterocycles. The van der Waals surface area contributed by atoms with Crippen LogP contribution >= 0.6 is 0 Å². The molecule has 1 N–H and O–H groups in total. The second-order valence-electron chi connectivity index (χ2n) is 7.20. The molecule has 0 aromatic carbocycles. The maximum absolute atomic E-state index is 3.88. The van der Waals surface area contributed by atoms with E-state index in [4.69, 9.17) is 0 Å². The summed E-state index contributed by atoms with van der Waals surface area (Å²) in [6, 6.07) is 2.43. The van der Waals surface area contributed by atoms with Crippen molar-refractivity contribution in [2.45, 2.75) is 64.1 Å². The van der Waals surface area contributed by atoms with Gasteiger partial charge in [0.1, 0.15) is 0 Å². The third-order valence-electron chi connectivity index (χ3n) is 5.56. The average Bonchev–Trinajstić information content (AvgIpc) is 3.04. The monoisotopic (exact) mass is 265 g/mol. The third kappa shape index (κ3) is 3.32. The number of likely N-dealkylation sites (tertiary alicyclic amines) is 1. The van der Waals surface area contributed by atoms with Crippen molar-refractivity contribution < 1.29 is 0 Å². The molecule has 3 unspecified atom stereocenters. The predicted molar refractivity (Wildman–Crippen MR) is 80.4 cm³/mol. The first-order valence-electron chi connectivity index (χ1n) is 8.44. The molecule has 0 spiro atoms. The van der Waals surface area contributed by atoms with Crippen molar-refractivity contribution in [1.29, 1.82) is 0 Å². The standard InChI is InChI=1S/C16H31N3/c1-13(2)19-8-5-14(12-19)11-17-15-6-9-18-7-3-4-16(18)10-15/h13-17H,3-12H2,1-2H3. The molecule has 3 heteroatoms. The van der Waals surface area contributed by atoms with Gasteiger partial charge in [-0.15, -0.1) is 0 Å². The second kappa shape index (κ2) is 6.11. The zero-order valence-electron chi connectivity index (χ0n) is 12.8. The van der Waals surface area contributed by atoms with Crippen molar-refractivity contribution in [3.8, 4) is 0 Å². The van der Waals surface area contributed by atoms with Crippen LogP contribution in [0.3, 0.4) is 0 Å². The molecule has 0 radical (unpaired) electrons. The molecular weight excluding hydrogens is 234 g/mol. The fraction of sp³-hybridized carbons (Fsp3) is 1.00. The molecule has 3 aliphatic heterocycles. The molecular formula is C16H31N3. The minimum absolute atomic E-state index is 0.728. The molecule has 0 bridgehead atoms. The van der Waals surface area contributed by atoms with E-state index in [1.807, 2.05) is 0 Å². The Morgan fingerprint density at radius 1 is 1.11 bits per heavy atom. The van der Waals surface area contributed by atoms with Crippen LogP contribution in [-0.4, -0.2) is 60.6 Å². The van der Waals surface area contributed by atoms with Gasteiger partial charge in [-0.05, 0) is 78.0 Å². The van der Waals surface area contributed by atoms with Gasteiger partial charge in [0.25, 0.3) is 0 Å². The Kier molecular flexibility index (Phi) is 4.45. The van der Waals surface area contributed by atoms with Gasteiger partial charge >= 0.3 is 0 Å². The average molecular weight is 265 g/mol. The van der Waals surface area contributed by atoms with E-state index in [9.17, 15) is 0 Å². The summed E-state index contributed by atoms with van der Waals surface area (Å²) in [7, 11) is 0. The summed E-state index contributed by atoms with van der Waals surface area (Å²) >= 11 is 0. The molecule has 3 heterocycles. The topological polar surface area (TPSA) is 18.5 Å². The number of hydrogen-bond acceptors (Lipinski definition) is 3. The molecule has 3 atom stereocenters. The van der Waals surface area contributed by atoms with E-state index in [-0.39, 0.29) is 0 Å². The second-order valence-corrected chi connectivity index (χ2v) is 7.20.